The molecule has 1 aliphatic rings. The Balaban J connectivity index is 2.10. The normalized spacial score (nSPS) is 18.6. The van der Waals surface area contributed by atoms with Crippen molar-refractivity contribution in [3.05, 3.63) is 41.9 Å². The largest absolute Gasteiger partial charge is 0.334 e. The van der Waals surface area contributed by atoms with Crippen molar-refractivity contribution < 1.29 is 8.42 Å². The van der Waals surface area contributed by atoms with Gasteiger partial charge in [0.1, 0.15) is 5.82 Å². The first-order chi connectivity index (χ1) is 10.9. The zero-order valence-corrected chi connectivity index (χ0v) is 14.7. The Morgan fingerprint density at radius 3 is 2.74 bits per heavy atom. The summed E-state index contributed by atoms with van der Waals surface area (Å²) >= 11 is 0. The molecule has 3 rings (SSSR count). The van der Waals surface area contributed by atoms with Crippen LogP contribution in [0, 0.1) is 6.92 Å². The van der Waals surface area contributed by atoms with E-state index in [0.29, 0.717) is 19.0 Å². The van der Waals surface area contributed by atoms with Gasteiger partial charge in [0, 0.05) is 19.3 Å². The highest BCUT2D eigenvalue weighted by atomic mass is 32.2. The van der Waals surface area contributed by atoms with E-state index in [9.17, 15) is 8.42 Å². The summed E-state index contributed by atoms with van der Waals surface area (Å²) in [5.41, 5.74) is 1.89. The van der Waals surface area contributed by atoms with Crippen LogP contribution in [-0.2, 0) is 16.6 Å². The number of sulfonamides is 1. The van der Waals surface area contributed by atoms with Crippen molar-refractivity contribution in [2.75, 3.05) is 10.8 Å². The van der Waals surface area contributed by atoms with E-state index in [1.54, 1.807) is 6.20 Å². The SMILES string of the molecule is CCn1cc(S(=O)(=O)N2CCCC(C)c3ccccc32)nc1C. The number of anilines is 1. The van der Waals surface area contributed by atoms with E-state index in [1.165, 1.54) is 4.31 Å². The van der Waals surface area contributed by atoms with Gasteiger partial charge in [0.05, 0.1) is 5.69 Å². The molecule has 0 spiro atoms. The molecular weight excluding hydrogens is 310 g/mol. The quantitative estimate of drug-likeness (QED) is 0.866. The van der Waals surface area contributed by atoms with Crippen molar-refractivity contribution in [2.45, 2.75) is 51.1 Å². The minimum Gasteiger partial charge on any atom is -0.334 e. The Morgan fingerprint density at radius 1 is 1.30 bits per heavy atom. The monoisotopic (exact) mass is 333 g/mol. The van der Waals surface area contributed by atoms with Gasteiger partial charge in [-0.3, -0.25) is 4.31 Å². The summed E-state index contributed by atoms with van der Waals surface area (Å²) < 4.78 is 29.7. The van der Waals surface area contributed by atoms with Crippen LogP contribution in [0.15, 0.2) is 35.5 Å². The Labute approximate surface area is 138 Å². The van der Waals surface area contributed by atoms with Crippen molar-refractivity contribution in [3.63, 3.8) is 0 Å². The standard InChI is InChI=1S/C17H23N3O2S/c1-4-19-12-17(18-14(19)3)23(21,22)20-11-7-8-13(2)15-9-5-6-10-16(15)20/h5-6,9-10,12-13H,4,7-8,11H2,1-3H3. The van der Waals surface area contributed by atoms with Gasteiger partial charge in [-0.25, -0.2) is 4.98 Å². The fourth-order valence-corrected chi connectivity index (χ4v) is 4.76. The van der Waals surface area contributed by atoms with Gasteiger partial charge in [-0.1, -0.05) is 25.1 Å². The summed E-state index contributed by atoms with van der Waals surface area (Å²) in [7, 11) is -3.63. The Morgan fingerprint density at radius 2 is 2.04 bits per heavy atom. The third kappa shape index (κ3) is 2.76. The molecule has 1 unspecified atom stereocenters. The predicted molar refractivity (Wildman–Crippen MR) is 91.3 cm³/mol. The van der Waals surface area contributed by atoms with Crippen molar-refractivity contribution in [3.8, 4) is 0 Å². The predicted octanol–water partition coefficient (Wildman–Crippen LogP) is 3.30. The first-order valence-electron chi connectivity index (χ1n) is 8.10. The van der Waals surface area contributed by atoms with Gasteiger partial charge in [-0.15, -0.1) is 0 Å². The molecule has 0 N–H and O–H groups in total. The van der Waals surface area contributed by atoms with Crippen molar-refractivity contribution in [1.29, 1.82) is 0 Å². The van der Waals surface area contributed by atoms with E-state index in [1.807, 2.05) is 42.7 Å². The molecule has 0 saturated carbocycles. The van der Waals surface area contributed by atoms with Crippen molar-refractivity contribution >= 4 is 15.7 Å². The summed E-state index contributed by atoms with van der Waals surface area (Å²) in [6.45, 7) is 7.18. The Hall–Kier alpha value is -1.82. The van der Waals surface area contributed by atoms with Crippen LogP contribution in [-0.4, -0.2) is 24.5 Å². The molecule has 2 aromatic rings. The first kappa shape index (κ1) is 16.1. The van der Waals surface area contributed by atoms with Crippen LogP contribution in [0.25, 0.3) is 0 Å². The average molecular weight is 333 g/mol. The lowest BCUT2D eigenvalue weighted by molar-refractivity contribution is 0.584. The zero-order valence-electron chi connectivity index (χ0n) is 13.9. The molecule has 6 heteroatoms. The second kappa shape index (κ2) is 6.00. The molecule has 1 atom stereocenters. The number of rotatable bonds is 3. The van der Waals surface area contributed by atoms with E-state index in [0.717, 1.165) is 29.9 Å². The third-order valence-corrected chi connectivity index (χ3v) is 6.27. The average Bonchev–Trinajstić information content (AvgIpc) is 2.84. The molecule has 2 heterocycles. The molecule has 1 aliphatic heterocycles. The number of imidazole rings is 1. The molecule has 1 aromatic heterocycles. The third-order valence-electron chi connectivity index (χ3n) is 4.58. The molecule has 0 bridgehead atoms. The van der Waals surface area contributed by atoms with Crippen LogP contribution in [0.3, 0.4) is 0 Å². The second-order valence-electron chi connectivity index (χ2n) is 6.09. The van der Waals surface area contributed by atoms with Gasteiger partial charge in [0.25, 0.3) is 10.0 Å². The summed E-state index contributed by atoms with van der Waals surface area (Å²) in [4.78, 5) is 4.28. The summed E-state index contributed by atoms with van der Waals surface area (Å²) in [5.74, 6) is 1.09. The van der Waals surface area contributed by atoms with E-state index in [-0.39, 0.29) is 5.03 Å². The number of benzene rings is 1. The summed E-state index contributed by atoms with van der Waals surface area (Å²) in [5, 5.41) is 0.140. The van der Waals surface area contributed by atoms with Crippen LogP contribution in [0.1, 0.15) is 44.0 Å². The number of hydrogen-bond acceptors (Lipinski definition) is 3. The fraction of sp³-hybridized carbons (Fsp3) is 0.471. The van der Waals surface area contributed by atoms with Gasteiger partial charge >= 0.3 is 0 Å². The van der Waals surface area contributed by atoms with E-state index in [4.69, 9.17) is 0 Å². The lowest BCUT2D eigenvalue weighted by Gasteiger charge is -2.24. The van der Waals surface area contributed by atoms with Gasteiger partial charge < -0.3 is 4.57 Å². The first-order valence-corrected chi connectivity index (χ1v) is 9.54. The fourth-order valence-electron chi connectivity index (χ4n) is 3.23. The van der Waals surface area contributed by atoms with E-state index < -0.39 is 10.0 Å². The number of nitrogens with zero attached hydrogens (tertiary/aromatic N) is 3. The molecule has 23 heavy (non-hydrogen) atoms. The van der Waals surface area contributed by atoms with Crippen LogP contribution < -0.4 is 4.31 Å². The maximum atomic E-state index is 13.1. The van der Waals surface area contributed by atoms with Gasteiger partial charge in [0.2, 0.25) is 0 Å². The minimum atomic E-state index is -3.63. The molecule has 0 radical (unpaired) electrons. The summed E-state index contributed by atoms with van der Waals surface area (Å²) in [6, 6.07) is 7.80. The summed E-state index contributed by atoms with van der Waals surface area (Å²) in [6.07, 6.45) is 3.48. The Bertz CT molecular complexity index is 811. The van der Waals surface area contributed by atoms with E-state index in [2.05, 4.69) is 11.9 Å². The molecular formula is C17H23N3O2S. The lowest BCUT2D eigenvalue weighted by Crippen LogP contribution is -2.32. The zero-order chi connectivity index (χ0) is 16.6. The maximum absolute atomic E-state index is 13.1. The highest BCUT2D eigenvalue weighted by molar-refractivity contribution is 7.92. The second-order valence-corrected chi connectivity index (χ2v) is 7.90. The minimum absolute atomic E-state index is 0.140. The van der Waals surface area contributed by atoms with Crippen LogP contribution in [0.4, 0.5) is 5.69 Å². The highest BCUT2D eigenvalue weighted by Gasteiger charge is 2.31. The van der Waals surface area contributed by atoms with Crippen LogP contribution >= 0.6 is 0 Å². The molecule has 0 amide bonds. The molecule has 5 nitrogen and oxygen atoms in total. The smallest absolute Gasteiger partial charge is 0.283 e. The lowest BCUT2D eigenvalue weighted by atomic mass is 9.96. The van der Waals surface area contributed by atoms with Crippen LogP contribution in [0.2, 0.25) is 0 Å². The van der Waals surface area contributed by atoms with Gasteiger partial charge in [-0.2, -0.15) is 8.42 Å². The maximum Gasteiger partial charge on any atom is 0.283 e. The van der Waals surface area contributed by atoms with Crippen molar-refractivity contribution in [1.82, 2.24) is 9.55 Å². The molecule has 1 aromatic carbocycles. The topological polar surface area (TPSA) is 55.2 Å². The number of aryl methyl sites for hydroxylation is 2. The van der Waals surface area contributed by atoms with E-state index >= 15 is 0 Å². The Kier molecular flexibility index (Phi) is 4.19. The number of aromatic nitrogens is 2. The highest BCUT2D eigenvalue weighted by Crippen LogP contribution is 2.36. The molecule has 0 aliphatic carbocycles. The molecule has 0 fully saturated rings. The molecule has 0 saturated heterocycles. The van der Waals surface area contributed by atoms with Gasteiger partial charge in [0.15, 0.2) is 5.03 Å². The van der Waals surface area contributed by atoms with Crippen molar-refractivity contribution in [2.24, 2.45) is 0 Å². The van der Waals surface area contributed by atoms with Crippen LogP contribution in [0.5, 0.6) is 0 Å². The number of fused-ring (bicyclic) bond motifs is 1. The number of hydrogen-bond donors (Lipinski definition) is 0. The van der Waals surface area contributed by atoms with Gasteiger partial charge in [-0.05, 0) is 44.2 Å². The molecule has 124 valence electrons. The number of para-hydroxylation sites is 1.